The molecule has 2 N–H and O–H groups in total. The number of hydrogen-bond donors (Lipinski definition) is 2. The summed E-state index contributed by atoms with van der Waals surface area (Å²) in [5.74, 6) is -0.411. The Morgan fingerprint density at radius 3 is 2.19 bits per heavy atom. The van der Waals surface area contributed by atoms with Gasteiger partial charge in [-0.2, -0.15) is 0 Å². The number of hydrogen-bond acceptors (Lipinski definition) is 2. The molecule has 0 saturated heterocycles. The van der Waals surface area contributed by atoms with E-state index in [-0.39, 0.29) is 13.2 Å². The lowest BCUT2D eigenvalue weighted by atomic mass is 9.77. The fraction of sp³-hybridized carbons (Fsp3) is 0.250. The first-order valence-corrected chi connectivity index (χ1v) is 7.59. The quantitative estimate of drug-likeness (QED) is 0.839. The Morgan fingerprint density at radius 1 is 1.05 bits per heavy atom. The molecule has 0 unspecified atom stereocenters. The van der Waals surface area contributed by atoms with Gasteiger partial charge in [0, 0.05) is 14.9 Å². The third-order valence-corrected chi connectivity index (χ3v) is 4.49. The zero-order valence-electron chi connectivity index (χ0n) is 11.2. The van der Waals surface area contributed by atoms with Gasteiger partial charge in [0.15, 0.2) is 0 Å². The Balaban J connectivity index is 2.40. The molecule has 21 heavy (non-hydrogen) atoms. The van der Waals surface area contributed by atoms with Crippen LogP contribution in [0.15, 0.2) is 46.9 Å². The lowest BCUT2D eigenvalue weighted by Gasteiger charge is -2.31. The van der Waals surface area contributed by atoms with E-state index in [0.29, 0.717) is 17.0 Å². The van der Waals surface area contributed by atoms with Gasteiger partial charge in [-0.3, -0.25) is 0 Å². The van der Waals surface area contributed by atoms with Gasteiger partial charge < -0.3 is 10.2 Å². The van der Waals surface area contributed by atoms with Crippen LogP contribution in [-0.2, 0) is 11.8 Å². The van der Waals surface area contributed by atoms with Crippen LogP contribution in [0.4, 0.5) is 4.39 Å². The minimum absolute atomic E-state index is 0.237. The molecule has 5 heteroatoms. The van der Waals surface area contributed by atoms with Crippen LogP contribution in [0.3, 0.4) is 0 Å². The number of aliphatic hydroxyl groups is 2. The standard InChI is InChI=1S/C16H15BrClFO2/c17-13-4-2-12(3-5-13)16(9-20,10-21)8-11-1-6-14(19)7-15(11)18/h1-7,20-21H,8-10H2. The van der Waals surface area contributed by atoms with E-state index in [0.717, 1.165) is 10.0 Å². The molecule has 0 aliphatic heterocycles. The molecule has 0 bridgehead atoms. The van der Waals surface area contributed by atoms with Crippen molar-refractivity contribution in [3.05, 3.63) is 68.9 Å². The molecule has 0 radical (unpaired) electrons. The van der Waals surface area contributed by atoms with E-state index in [1.54, 1.807) is 6.07 Å². The van der Waals surface area contributed by atoms with Crippen molar-refractivity contribution in [3.8, 4) is 0 Å². The number of aliphatic hydroxyl groups excluding tert-OH is 2. The van der Waals surface area contributed by atoms with E-state index in [1.807, 2.05) is 24.3 Å². The van der Waals surface area contributed by atoms with Gasteiger partial charge >= 0.3 is 0 Å². The average Bonchev–Trinajstić information content (AvgIpc) is 2.48. The Hall–Kier alpha value is -0.940. The van der Waals surface area contributed by atoms with E-state index in [9.17, 15) is 14.6 Å². The van der Waals surface area contributed by atoms with Crippen LogP contribution in [0.5, 0.6) is 0 Å². The van der Waals surface area contributed by atoms with Crippen molar-refractivity contribution in [2.24, 2.45) is 0 Å². The maximum Gasteiger partial charge on any atom is 0.124 e. The average molecular weight is 374 g/mol. The zero-order valence-corrected chi connectivity index (χ0v) is 13.5. The van der Waals surface area contributed by atoms with Crippen LogP contribution in [0.25, 0.3) is 0 Å². The molecule has 2 aromatic rings. The van der Waals surface area contributed by atoms with E-state index < -0.39 is 11.2 Å². The first-order valence-electron chi connectivity index (χ1n) is 6.42. The molecular formula is C16H15BrClFO2. The maximum absolute atomic E-state index is 13.1. The summed E-state index contributed by atoms with van der Waals surface area (Å²) in [6.07, 6.45) is 0.320. The molecule has 2 nitrogen and oxygen atoms in total. The predicted molar refractivity (Wildman–Crippen MR) is 85.1 cm³/mol. The predicted octanol–water partition coefficient (Wildman–Crippen LogP) is 3.71. The van der Waals surface area contributed by atoms with Crippen molar-refractivity contribution in [2.45, 2.75) is 11.8 Å². The Morgan fingerprint density at radius 2 is 1.67 bits per heavy atom. The molecule has 0 aliphatic rings. The fourth-order valence-corrected chi connectivity index (χ4v) is 2.78. The summed E-state index contributed by atoms with van der Waals surface area (Å²) in [4.78, 5) is 0. The Bertz CT molecular complexity index is 612. The molecule has 0 atom stereocenters. The maximum atomic E-state index is 13.1. The first kappa shape index (κ1) is 16.4. The molecule has 2 aromatic carbocycles. The largest absolute Gasteiger partial charge is 0.395 e. The molecular weight excluding hydrogens is 359 g/mol. The monoisotopic (exact) mass is 372 g/mol. The minimum Gasteiger partial charge on any atom is -0.395 e. The third-order valence-electron chi connectivity index (χ3n) is 3.61. The number of benzene rings is 2. The highest BCUT2D eigenvalue weighted by molar-refractivity contribution is 9.10. The van der Waals surface area contributed by atoms with Crippen molar-refractivity contribution in [3.63, 3.8) is 0 Å². The molecule has 0 fully saturated rings. The second kappa shape index (κ2) is 6.88. The molecule has 0 aromatic heterocycles. The van der Waals surface area contributed by atoms with Crippen LogP contribution >= 0.6 is 27.5 Å². The van der Waals surface area contributed by atoms with Crippen molar-refractivity contribution >= 4 is 27.5 Å². The Kier molecular flexibility index (Phi) is 5.38. The lowest BCUT2D eigenvalue weighted by molar-refractivity contribution is 0.116. The second-order valence-corrected chi connectivity index (χ2v) is 6.34. The smallest absolute Gasteiger partial charge is 0.124 e. The summed E-state index contributed by atoms with van der Waals surface area (Å²) >= 11 is 9.41. The van der Waals surface area contributed by atoms with Crippen molar-refractivity contribution in [1.82, 2.24) is 0 Å². The van der Waals surface area contributed by atoms with Crippen molar-refractivity contribution in [2.75, 3.05) is 13.2 Å². The number of rotatable bonds is 5. The van der Waals surface area contributed by atoms with Crippen LogP contribution in [-0.4, -0.2) is 23.4 Å². The molecule has 2 rings (SSSR count). The normalized spacial score (nSPS) is 11.7. The highest BCUT2D eigenvalue weighted by atomic mass is 79.9. The Labute approximate surface area is 136 Å². The summed E-state index contributed by atoms with van der Waals surface area (Å²) in [5.41, 5.74) is 0.627. The van der Waals surface area contributed by atoms with Gasteiger partial charge in [-0.15, -0.1) is 0 Å². The van der Waals surface area contributed by atoms with Gasteiger partial charge in [0.25, 0.3) is 0 Å². The molecule has 0 amide bonds. The fourth-order valence-electron chi connectivity index (χ4n) is 2.28. The van der Waals surface area contributed by atoms with Crippen LogP contribution in [0.1, 0.15) is 11.1 Å². The van der Waals surface area contributed by atoms with Crippen LogP contribution in [0, 0.1) is 5.82 Å². The lowest BCUT2D eigenvalue weighted by Crippen LogP contribution is -2.37. The summed E-state index contributed by atoms with van der Waals surface area (Å²) < 4.78 is 14.0. The topological polar surface area (TPSA) is 40.5 Å². The molecule has 0 aliphatic carbocycles. The SMILES string of the molecule is OCC(CO)(Cc1ccc(F)cc1Cl)c1ccc(Br)cc1. The van der Waals surface area contributed by atoms with Gasteiger partial charge in [0.1, 0.15) is 5.82 Å². The molecule has 0 heterocycles. The first-order chi connectivity index (χ1) is 10.0. The molecule has 112 valence electrons. The highest BCUT2D eigenvalue weighted by Gasteiger charge is 2.32. The highest BCUT2D eigenvalue weighted by Crippen LogP contribution is 2.31. The van der Waals surface area contributed by atoms with E-state index in [2.05, 4.69) is 15.9 Å². The summed E-state index contributed by atoms with van der Waals surface area (Å²) in [7, 11) is 0. The molecule has 0 spiro atoms. The van der Waals surface area contributed by atoms with Crippen LogP contribution in [0.2, 0.25) is 5.02 Å². The zero-order chi connectivity index (χ0) is 15.5. The van der Waals surface area contributed by atoms with Crippen molar-refractivity contribution < 1.29 is 14.6 Å². The van der Waals surface area contributed by atoms with Gasteiger partial charge in [-0.1, -0.05) is 45.7 Å². The third kappa shape index (κ3) is 3.64. The minimum atomic E-state index is -0.859. The van der Waals surface area contributed by atoms with Gasteiger partial charge in [0.2, 0.25) is 0 Å². The van der Waals surface area contributed by atoms with E-state index in [4.69, 9.17) is 11.6 Å². The summed E-state index contributed by atoms with van der Waals surface area (Å²) in [6.45, 7) is -0.475. The number of halogens is 3. The molecule has 0 saturated carbocycles. The van der Waals surface area contributed by atoms with Crippen LogP contribution < -0.4 is 0 Å². The summed E-state index contributed by atoms with van der Waals surface area (Å²) in [6, 6.07) is 11.5. The van der Waals surface area contributed by atoms with Gasteiger partial charge in [0.05, 0.1) is 13.2 Å². The van der Waals surface area contributed by atoms with E-state index >= 15 is 0 Å². The van der Waals surface area contributed by atoms with Gasteiger partial charge in [-0.25, -0.2) is 4.39 Å². The van der Waals surface area contributed by atoms with Crippen molar-refractivity contribution in [1.29, 1.82) is 0 Å². The summed E-state index contributed by atoms with van der Waals surface area (Å²) in [5, 5.41) is 19.9. The van der Waals surface area contributed by atoms with Gasteiger partial charge in [-0.05, 0) is 41.8 Å². The van der Waals surface area contributed by atoms with E-state index in [1.165, 1.54) is 12.1 Å². The second-order valence-electron chi connectivity index (χ2n) is 5.02.